The first-order valence-electron chi connectivity index (χ1n) is 7.34. The molecule has 0 radical (unpaired) electrons. The van der Waals surface area contributed by atoms with Gasteiger partial charge in [-0.1, -0.05) is 12.1 Å². The summed E-state index contributed by atoms with van der Waals surface area (Å²) in [6.45, 7) is 0.238. The molecule has 4 nitrogen and oxygen atoms in total. The van der Waals surface area contributed by atoms with Crippen LogP contribution in [0.3, 0.4) is 0 Å². The molecule has 0 atom stereocenters. The summed E-state index contributed by atoms with van der Waals surface area (Å²) in [5.41, 5.74) is 1.68. The van der Waals surface area contributed by atoms with Crippen LogP contribution in [0.15, 0.2) is 42.5 Å². The standard InChI is InChI=1S/C18H20FNO3/c1-22-16-7-3-13(4-8-16)5-10-18(21)20-12-14-11-15(19)6-9-17(14)23-2/h3-4,6-9,11H,5,10,12H2,1-2H3,(H,20,21). The molecule has 2 aromatic rings. The van der Waals surface area contributed by atoms with E-state index in [1.165, 1.54) is 19.2 Å². The van der Waals surface area contributed by atoms with Crippen molar-refractivity contribution >= 4 is 5.91 Å². The molecule has 0 aliphatic heterocycles. The van der Waals surface area contributed by atoms with Gasteiger partial charge in [-0.15, -0.1) is 0 Å². The Balaban J connectivity index is 1.84. The lowest BCUT2D eigenvalue weighted by Crippen LogP contribution is -2.23. The summed E-state index contributed by atoms with van der Waals surface area (Å²) in [4.78, 5) is 11.9. The van der Waals surface area contributed by atoms with Crippen molar-refractivity contribution in [1.82, 2.24) is 5.32 Å². The van der Waals surface area contributed by atoms with Crippen molar-refractivity contribution in [3.63, 3.8) is 0 Å². The van der Waals surface area contributed by atoms with Gasteiger partial charge in [-0.25, -0.2) is 4.39 Å². The summed E-state index contributed by atoms with van der Waals surface area (Å²) in [5, 5.41) is 2.78. The van der Waals surface area contributed by atoms with E-state index in [9.17, 15) is 9.18 Å². The quantitative estimate of drug-likeness (QED) is 0.853. The Labute approximate surface area is 135 Å². The molecule has 0 fully saturated rings. The minimum atomic E-state index is -0.353. The van der Waals surface area contributed by atoms with Crippen molar-refractivity contribution in [1.29, 1.82) is 0 Å². The minimum Gasteiger partial charge on any atom is -0.497 e. The van der Waals surface area contributed by atoms with Crippen LogP contribution >= 0.6 is 0 Å². The second-order valence-corrected chi connectivity index (χ2v) is 5.08. The van der Waals surface area contributed by atoms with E-state index >= 15 is 0 Å². The fraction of sp³-hybridized carbons (Fsp3) is 0.278. The Morgan fingerprint density at radius 3 is 2.48 bits per heavy atom. The summed E-state index contributed by atoms with van der Waals surface area (Å²) in [6.07, 6.45) is 1.00. The molecule has 0 aliphatic rings. The van der Waals surface area contributed by atoms with Crippen LogP contribution in [0.1, 0.15) is 17.5 Å². The van der Waals surface area contributed by atoms with Crippen LogP contribution in [-0.4, -0.2) is 20.1 Å². The first-order valence-corrected chi connectivity index (χ1v) is 7.34. The SMILES string of the molecule is COc1ccc(CCC(=O)NCc2cc(F)ccc2OC)cc1. The van der Waals surface area contributed by atoms with Gasteiger partial charge in [0, 0.05) is 18.5 Å². The van der Waals surface area contributed by atoms with Gasteiger partial charge in [0.1, 0.15) is 17.3 Å². The summed E-state index contributed by atoms with van der Waals surface area (Å²) >= 11 is 0. The van der Waals surface area contributed by atoms with Crippen molar-refractivity contribution in [2.24, 2.45) is 0 Å². The van der Waals surface area contributed by atoms with Crippen LogP contribution in [0, 0.1) is 5.82 Å². The summed E-state index contributed by atoms with van der Waals surface area (Å²) in [5.74, 6) is 0.902. The molecular formula is C18H20FNO3. The zero-order valence-corrected chi connectivity index (χ0v) is 13.3. The van der Waals surface area contributed by atoms with E-state index in [0.29, 0.717) is 24.2 Å². The number of amides is 1. The number of hydrogen-bond acceptors (Lipinski definition) is 3. The van der Waals surface area contributed by atoms with Crippen LogP contribution in [0.2, 0.25) is 0 Å². The maximum absolute atomic E-state index is 13.3. The molecule has 1 N–H and O–H groups in total. The van der Waals surface area contributed by atoms with Gasteiger partial charge in [0.2, 0.25) is 5.91 Å². The number of halogens is 1. The molecule has 0 aromatic heterocycles. The Morgan fingerprint density at radius 1 is 1.09 bits per heavy atom. The average Bonchev–Trinajstić information content (AvgIpc) is 2.58. The third-order valence-electron chi connectivity index (χ3n) is 3.52. The monoisotopic (exact) mass is 317 g/mol. The number of ether oxygens (including phenoxy) is 2. The molecule has 1 amide bonds. The van der Waals surface area contributed by atoms with Gasteiger partial charge >= 0.3 is 0 Å². The third-order valence-corrected chi connectivity index (χ3v) is 3.52. The van der Waals surface area contributed by atoms with Crippen LogP contribution in [0.25, 0.3) is 0 Å². The van der Waals surface area contributed by atoms with E-state index in [0.717, 1.165) is 11.3 Å². The molecule has 0 heterocycles. The van der Waals surface area contributed by atoms with Crippen molar-refractivity contribution < 1.29 is 18.7 Å². The molecule has 0 saturated carbocycles. The highest BCUT2D eigenvalue weighted by molar-refractivity contribution is 5.76. The lowest BCUT2D eigenvalue weighted by atomic mass is 10.1. The normalized spacial score (nSPS) is 10.2. The second-order valence-electron chi connectivity index (χ2n) is 5.08. The zero-order chi connectivity index (χ0) is 16.7. The Bertz CT molecular complexity index is 656. The van der Waals surface area contributed by atoms with E-state index in [2.05, 4.69) is 5.32 Å². The molecule has 0 bridgehead atoms. The maximum Gasteiger partial charge on any atom is 0.220 e. The van der Waals surface area contributed by atoms with Crippen LogP contribution < -0.4 is 14.8 Å². The lowest BCUT2D eigenvalue weighted by molar-refractivity contribution is -0.121. The number of hydrogen-bond donors (Lipinski definition) is 1. The van der Waals surface area contributed by atoms with Gasteiger partial charge in [-0.05, 0) is 42.3 Å². The van der Waals surface area contributed by atoms with Gasteiger partial charge in [-0.3, -0.25) is 4.79 Å². The Kier molecular flexibility index (Phi) is 5.97. The molecular weight excluding hydrogens is 297 g/mol. The zero-order valence-electron chi connectivity index (χ0n) is 13.3. The highest BCUT2D eigenvalue weighted by Crippen LogP contribution is 2.19. The van der Waals surface area contributed by atoms with E-state index < -0.39 is 0 Å². The van der Waals surface area contributed by atoms with Crippen molar-refractivity contribution in [2.75, 3.05) is 14.2 Å². The highest BCUT2D eigenvalue weighted by atomic mass is 19.1. The first-order chi connectivity index (χ1) is 11.1. The number of methoxy groups -OCH3 is 2. The fourth-order valence-corrected chi connectivity index (χ4v) is 2.22. The number of carbonyl (C=O) groups excluding carboxylic acids is 1. The number of aryl methyl sites for hydroxylation is 1. The second kappa shape index (κ2) is 8.17. The van der Waals surface area contributed by atoms with Crippen LogP contribution in [0.4, 0.5) is 4.39 Å². The molecule has 0 saturated heterocycles. The summed E-state index contributed by atoms with van der Waals surface area (Å²) < 4.78 is 23.5. The Morgan fingerprint density at radius 2 is 1.83 bits per heavy atom. The van der Waals surface area contributed by atoms with Gasteiger partial charge < -0.3 is 14.8 Å². The van der Waals surface area contributed by atoms with E-state index in [1.807, 2.05) is 24.3 Å². The number of benzene rings is 2. The van der Waals surface area contributed by atoms with Gasteiger partial charge in [0.05, 0.1) is 14.2 Å². The molecule has 2 rings (SSSR count). The van der Waals surface area contributed by atoms with Crippen molar-refractivity contribution in [3.05, 3.63) is 59.4 Å². The molecule has 23 heavy (non-hydrogen) atoms. The number of nitrogens with one attached hydrogen (secondary N) is 1. The van der Waals surface area contributed by atoms with Crippen LogP contribution in [-0.2, 0) is 17.8 Å². The van der Waals surface area contributed by atoms with E-state index in [-0.39, 0.29) is 18.3 Å². The highest BCUT2D eigenvalue weighted by Gasteiger charge is 2.07. The summed E-state index contributed by atoms with van der Waals surface area (Å²) in [6, 6.07) is 11.8. The molecule has 2 aromatic carbocycles. The average molecular weight is 317 g/mol. The Hall–Kier alpha value is -2.56. The predicted molar refractivity (Wildman–Crippen MR) is 86.1 cm³/mol. The fourth-order valence-electron chi connectivity index (χ4n) is 2.22. The van der Waals surface area contributed by atoms with Crippen LogP contribution in [0.5, 0.6) is 11.5 Å². The van der Waals surface area contributed by atoms with Crippen molar-refractivity contribution in [3.8, 4) is 11.5 Å². The minimum absolute atomic E-state index is 0.0906. The lowest BCUT2D eigenvalue weighted by Gasteiger charge is -2.10. The maximum atomic E-state index is 13.3. The predicted octanol–water partition coefficient (Wildman–Crippen LogP) is 3.09. The van der Waals surface area contributed by atoms with Gasteiger partial charge in [0.25, 0.3) is 0 Å². The molecule has 5 heteroatoms. The molecule has 0 unspecified atom stereocenters. The molecule has 0 aliphatic carbocycles. The van der Waals surface area contributed by atoms with Gasteiger partial charge in [0.15, 0.2) is 0 Å². The topological polar surface area (TPSA) is 47.6 Å². The van der Waals surface area contributed by atoms with Crippen molar-refractivity contribution in [2.45, 2.75) is 19.4 Å². The van der Waals surface area contributed by atoms with E-state index in [1.54, 1.807) is 13.2 Å². The number of rotatable bonds is 7. The molecule has 0 spiro atoms. The number of carbonyl (C=O) groups is 1. The largest absolute Gasteiger partial charge is 0.497 e. The smallest absolute Gasteiger partial charge is 0.220 e. The molecule has 122 valence electrons. The first kappa shape index (κ1) is 16.8. The van der Waals surface area contributed by atoms with E-state index in [4.69, 9.17) is 9.47 Å². The third kappa shape index (κ3) is 4.98. The van der Waals surface area contributed by atoms with Gasteiger partial charge in [-0.2, -0.15) is 0 Å². The summed E-state index contributed by atoms with van der Waals surface area (Å²) in [7, 11) is 3.13.